The first-order valence-electron chi connectivity index (χ1n) is 7.70. The minimum atomic E-state index is -0.0452. The van der Waals surface area contributed by atoms with Crippen LogP contribution in [0.25, 0.3) is 5.70 Å². The lowest BCUT2D eigenvalue weighted by molar-refractivity contribution is -0.121. The van der Waals surface area contributed by atoms with Gasteiger partial charge in [-0.2, -0.15) is 0 Å². The molecule has 5 heteroatoms. The van der Waals surface area contributed by atoms with Crippen LogP contribution in [0.1, 0.15) is 42.6 Å². The van der Waals surface area contributed by atoms with Gasteiger partial charge in [-0.15, -0.1) is 0 Å². The Balaban J connectivity index is 0.00000127. The van der Waals surface area contributed by atoms with Crippen LogP contribution in [0.5, 0.6) is 0 Å². The maximum atomic E-state index is 11.4. The van der Waals surface area contributed by atoms with E-state index in [1.165, 1.54) is 0 Å². The Bertz CT molecular complexity index is 623. The lowest BCUT2D eigenvalue weighted by Gasteiger charge is -2.36. The fraction of sp³-hybridized carbons (Fsp3) is 0.333. The summed E-state index contributed by atoms with van der Waals surface area (Å²) < 4.78 is 0. The van der Waals surface area contributed by atoms with Gasteiger partial charge in [-0.1, -0.05) is 39.1 Å². The van der Waals surface area contributed by atoms with Crippen LogP contribution in [-0.2, 0) is 4.79 Å². The van der Waals surface area contributed by atoms with E-state index in [2.05, 4.69) is 18.5 Å². The number of nitrogens with one attached hydrogen (secondary N) is 1. The summed E-state index contributed by atoms with van der Waals surface area (Å²) in [6.07, 6.45) is 1.85. The largest absolute Gasteiger partial charge is 0.398 e. The van der Waals surface area contributed by atoms with E-state index in [1.54, 1.807) is 12.1 Å². The molecule has 1 heterocycles. The molecule has 1 aliphatic rings. The highest BCUT2D eigenvalue weighted by molar-refractivity contribution is 5.91. The lowest BCUT2D eigenvalue weighted by atomic mass is 9.98. The van der Waals surface area contributed by atoms with Crippen molar-refractivity contribution in [3.05, 3.63) is 48.2 Å². The summed E-state index contributed by atoms with van der Waals surface area (Å²) in [4.78, 5) is 24.5. The van der Waals surface area contributed by atoms with Gasteiger partial charge in [-0.3, -0.25) is 9.59 Å². The average molecular weight is 315 g/mol. The molecular weight excluding hydrogens is 290 g/mol. The second-order valence-corrected chi connectivity index (χ2v) is 5.11. The van der Waals surface area contributed by atoms with Crippen molar-refractivity contribution in [3.63, 3.8) is 0 Å². The summed E-state index contributed by atoms with van der Waals surface area (Å²) >= 11 is 0. The Labute approximate surface area is 137 Å². The minimum Gasteiger partial charge on any atom is -0.398 e. The maximum absolute atomic E-state index is 11.4. The smallest absolute Gasteiger partial charge is 0.224 e. The van der Waals surface area contributed by atoms with Gasteiger partial charge in [-0.05, 0) is 12.5 Å². The lowest BCUT2D eigenvalue weighted by Crippen LogP contribution is -2.43. The molecule has 124 valence electrons. The molecule has 1 amide bonds. The van der Waals surface area contributed by atoms with E-state index >= 15 is 0 Å². The van der Waals surface area contributed by atoms with E-state index in [-0.39, 0.29) is 11.9 Å². The molecule has 1 fully saturated rings. The molecule has 0 saturated carbocycles. The van der Waals surface area contributed by atoms with Gasteiger partial charge in [0.2, 0.25) is 5.91 Å². The van der Waals surface area contributed by atoms with Crippen molar-refractivity contribution in [1.82, 2.24) is 10.2 Å². The Hall–Kier alpha value is -2.56. The molecule has 1 aliphatic heterocycles. The maximum Gasteiger partial charge on any atom is 0.224 e. The number of nitrogens with two attached hydrogens (primary N) is 1. The highest BCUT2D eigenvalue weighted by atomic mass is 16.1. The van der Waals surface area contributed by atoms with E-state index in [4.69, 9.17) is 5.73 Å². The summed E-state index contributed by atoms with van der Waals surface area (Å²) in [7, 11) is 1.87. The van der Waals surface area contributed by atoms with Gasteiger partial charge in [-0.25, -0.2) is 0 Å². The molecule has 0 aromatic heterocycles. The van der Waals surface area contributed by atoms with Crippen LogP contribution < -0.4 is 11.1 Å². The van der Waals surface area contributed by atoms with Crippen molar-refractivity contribution in [2.24, 2.45) is 0 Å². The number of hydrogen-bond donors (Lipinski definition) is 2. The molecule has 0 spiro atoms. The van der Waals surface area contributed by atoms with E-state index in [0.717, 1.165) is 6.29 Å². The van der Waals surface area contributed by atoms with Crippen LogP contribution in [-0.4, -0.2) is 30.2 Å². The molecular formula is C18H25N3O2. The third kappa shape index (κ3) is 4.00. The zero-order valence-electron chi connectivity index (χ0n) is 14.1. The van der Waals surface area contributed by atoms with Crippen LogP contribution in [0.2, 0.25) is 0 Å². The van der Waals surface area contributed by atoms with E-state index in [1.807, 2.05) is 31.9 Å². The third-order valence-corrected chi connectivity index (χ3v) is 3.81. The summed E-state index contributed by atoms with van der Waals surface area (Å²) in [5.74, 6) is -0.0206. The molecule has 1 unspecified atom stereocenters. The van der Waals surface area contributed by atoms with Crippen LogP contribution in [0, 0.1) is 0 Å². The first-order chi connectivity index (χ1) is 11.0. The Morgan fingerprint density at radius 3 is 2.65 bits per heavy atom. The number of benzene rings is 1. The number of amides is 1. The van der Waals surface area contributed by atoms with Gasteiger partial charge in [0.25, 0.3) is 0 Å². The second-order valence-electron chi connectivity index (χ2n) is 5.11. The van der Waals surface area contributed by atoms with Crippen molar-refractivity contribution in [2.75, 3.05) is 12.8 Å². The molecule has 1 aromatic carbocycles. The minimum absolute atomic E-state index is 0.0206. The van der Waals surface area contributed by atoms with Crippen LogP contribution >= 0.6 is 0 Å². The predicted octanol–water partition coefficient (Wildman–Crippen LogP) is 2.80. The van der Waals surface area contributed by atoms with Crippen molar-refractivity contribution in [3.8, 4) is 0 Å². The zero-order chi connectivity index (χ0) is 17.6. The van der Waals surface area contributed by atoms with E-state index in [0.29, 0.717) is 41.1 Å². The fourth-order valence-corrected chi connectivity index (χ4v) is 2.54. The predicted molar refractivity (Wildman–Crippen MR) is 94.7 cm³/mol. The number of carbonyl (C=O) groups excluding carboxylic acids is 2. The number of carbonyl (C=O) groups is 2. The molecule has 23 heavy (non-hydrogen) atoms. The number of nitrogens with zero attached hydrogens (tertiary/aromatic N) is 1. The van der Waals surface area contributed by atoms with Crippen molar-refractivity contribution in [2.45, 2.75) is 32.7 Å². The van der Waals surface area contributed by atoms with E-state index < -0.39 is 0 Å². The number of rotatable bonds is 4. The summed E-state index contributed by atoms with van der Waals surface area (Å²) in [5.41, 5.74) is 8.69. The topological polar surface area (TPSA) is 75.4 Å². The summed E-state index contributed by atoms with van der Waals surface area (Å²) in [5, 5.41) is 2.75. The monoisotopic (exact) mass is 315 g/mol. The summed E-state index contributed by atoms with van der Waals surface area (Å²) in [6.45, 7) is 12.0. The van der Waals surface area contributed by atoms with Crippen LogP contribution in [0.3, 0.4) is 0 Å². The molecule has 1 aromatic rings. The van der Waals surface area contributed by atoms with Crippen molar-refractivity contribution >= 4 is 23.6 Å². The average Bonchev–Trinajstić information content (AvgIpc) is 2.55. The fourth-order valence-electron chi connectivity index (χ4n) is 2.54. The molecule has 1 atom stereocenters. The molecule has 0 aliphatic carbocycles. The van der Waals surface area contributed by atoms with Gasteiger partial charge in [0.1, 0.15) is 0 Å². The van der Waals surface area contributed by atoms with Crippen LogP contribution in [0.4, 0.5) is 5.69 Å². The van der Waals surface area contributed by atoms with Gasteiger partial charge >= 0.3 is 0 Å². The first-order valence-corrected chi connectivity index (χ1v) is 7.70. The normalized spacial score (nSPS) is 16.7. The van der Waals surface area contributed by atoms with Crippen molar-refractivity contribution < 1.29 is 9.59 Å². The Morgan fingerprint density at radius 1 is 1.43 bits per heavy atom. The van der Waals surface area contributed by atoms with Crippen molar-refractivity contribution in [1.29, 1.82) is 0 Å². The quantitative estimate of drug-likeness (QED) is 0.662. The molecule has 5 nitrogen and oxygen atoms in total. The van der Waals surface area contributed by atoms with Crippen LogP contribution in [0.15, 0.2) is 37.1 Å². The summed E-state index contributed by atoms with van der Waals surface area (Å²) in [6, 6.07) is 5.23. The molecule has 0 radical (unpaired) electrons. The molecule has 2 rings (SSSR count). The Kier molecular flexibility index (Phi) is 6.57. The van der Waals surface area contributed by atoms with Gasteiger partial charge in [0.15, 0.2) is 6.29 Å². The van der Waals surface area contributed by atoms with Gasteiger partial charge in [0, 0.05) is 41.7 Å². The van der Waals surface area contributed by atoms with E-state index in [9.17, 15) is 9.59 Å². The number of nitrogen functional groups attached to an aromatic ring is 1. The standard InChI is InChI=1S/C16H19N3O2.C2H6/c1-10-15(7-8-16(21)18-10)19(3)11(2)12-5-4-6-14(17)13(12)9-20;1-2/h4-6,9,15H,1-2,7-8,17H2,3H3,(H,18,21);1-2H3. The SMILES string of the molecule is C=C1NC(=O)CCC1N(C)C(=C)c1cccc(N)c1C=O.CC. The number of anilines is 1. The number of likely N-dealkylation sites (N-methyl/N-ethyl adjacent to an activating group) is 1. The second kappa shape index (κ2) is 8.17. The highest BCUT2D eigenvalue weighted by Crippen LogP contribution is 2.28. The zero-order valence-corrected chi connectivity index (χ0v) is 14.1. The Morgan fingerprint density at radius 2 is 2.09 bits per heavy atom. The number of piperidine rings is 1. The van der Waals surface area contributed by atoms with Gasteiger partial charge < -0.3 is 16.0 Å². The molecule has 0 bridgehead atoms. The molecule has 1 saturated heterocycles. The van der Waals surface area contributed by atoms with Gasteiger partial charge in [0.05, 0.1) is 6.04 Å². The number of aldehydes is 1. The highest BCUT2D eigenvalue weighted by Gasteiger charge is 2.27. The molecule has 3 N–H and O–H groups in total. The number of hydrogen-bond acceptors (Lipinski definition) is 4. The third-order valence-electron chi connectivity index (χ3n) is 3.81. The first kappa shape index (κ1) is 18.5.